The minimum atomic E-state index is -3.40. The fourth-order valence-electron chi connectivity index (χ4n) is 3.58. The van der Waals surface area contributed by atoms with E-state index in [9.17, 15) is 8.42 Å². The van der Waals surface area contributed by atoms with Gasteiger partial charge in [0, 0.05) is 18.3 Å². The maximum absolute atomic E-state index is 12.8. The van der Waals surface area contributed by atoms with Crippen LogP contribution in [0.25, 0.3) is 0 Å². The van der Waals surface area contributed by atoms with Crippen LogP contribution in [0.5, 0.6) is 0 Å². The largest absolute Gasteiger partial charge is 0.398 e. The number of nitrogens with zero attached hydrogens (tertiary/aromatic N) is 1. The van der Waals surface area contributed by atoms with Crippen LogP contribution < -0.4 is 5.73 Å². The Morgan fingerprint density at radius 1 is 1.20 bits per heavy atom. The van der Waals surface area contributed by atoms with Crippen LogP contribution in [0.3, 0.4) is 0 Å². The Morgan fingerprint density at radius 3 is 2.70 bits per heavy atom. The van der Waals surface area contributed by atoms with Gasteiger partial charge >= 0.3 is 0 Å². The van der Waals surface area contributed by atoms with Crippen molar-refractivity contribution in [1.29, 1.82) is 0 Å². The number of aryl methyl sites for hydroxylation is 1. The van der Waals surface area contributed by atoms with Gasteiger partial charge in [-0.2, -0.15) is 4.31 Å². The summed E-state index contributed by atoms with van der Waals surface area (Å²) in [7, 11) is -3.40. The van der Waals surface area contributed by atoms with Gasteiger partial charge in [0.05, 0.1) is 4.90 Å². The molecule has 1 heterocycles. The van der Waals surface area contributed by atoms with Crippen LogP contribution >= 0.6 is 0 Å². The highest BCUT2D eigenvalue weighted by Crippen LogP contribution is 2.39. The zero-order chi connectivity index (χ0) is 14.3. The second-order valence-electron chi connectivity index (χ2n) is 6.03. The van der Waals surface area contributed by atoms with E-state index in [1.165, 1.54) is 12.8 Å². The van der Waals surface area contributed by atoms with Gasteiger partial charge in [-0.15, -0.1) is 0 Å². The van der Waals surface area contributed by atoms with Crippen molar-refractivity contribution in [3.05, 3.63) is 23.8 Å². The summed E-state index contributed by atoms with van der Waals surface area (Å²) in [5, 5.41) is 0. The van der Waals surface area contributed by atoms with Gasteiger partial charge in [-0.3, -0.25) is 0 Å². The topological polar surface area (TPSA) is 63.4 Å². The van der Waals surface area contributed by atoms with Crippen LogP contribution in [-0.2, 0) is 10.0 Å². The zero-order valence-corrected chi connectivity index (χ0v) is 12.7. The summed E-state index contributed by atoms with van der Waals surface area (Å²) in [6, 6.07) is 5.27. The third kappa shape index (κ3) is 2.23. The van der Waals surface area contributed by atoms with Crippen molar-refractivity contribution in [2.75, 3.05) is 12.3 Å². The average Bonchev–Trinajstić information content (AvgIpc) is 2.86. The number of sulfonamides is 1. The minimum Gasteiger partial charge on any atom is -0.398 e. The third-order valence-electron chi connectivity index (χ3n) is 4.82. The summed E-state index contributed by atoms with van der Waals surface area (Å²) in [4.78, 5) is 0.340. The number of rotatable bonds is 2. The number of hydrogen-bond acceptors (Lipinski definition) is 3. The number of hydrogen-bond donors (Lipinski definition) is 1. The fourth-order valence-corrected chi connectivity index (χ4v) is 5.34. The van der Waals surface area contributed by atoms with E-state index in [-0.39, 0.29) is 6.04 Å². The van der Waals surface area contributed by atoms with Crippen molar-refractivity contribution in [2.45, 2.75) is 50.0 Å². The van der Waals surface area contributed by atoms with Crippen LogP contribution in [0.2, 0.25) is 0 Å². The maximum Gasteiger partial charge on any atom is 0.243 e. The van der Waals surface area contributed by atoms with Crippen LogP contribution in [0, 0.1) is 12.8 Å². The number of anilines is 1. The predicted octanol–water partition coefficient (Wildman–Crippen LogP) is 2.53. The molecule has 2 fully saturated rings. The van der Waals surface area contributed by atoms with Gasteiger partial charge in [-0.1, -0.05) is 18.9 Å². The van der Waals surface area contributed by atoms with Crippen molar-refractivity contribution in [3.8, 4) is 0 Å². The molecule has 2 aliphatic rings. The molecule has 1 aromatic carbocycles. The Hall–Kier alpha value is -1.07. The maximum atomic E-state index is 12.8. The van der Waals surface area contributed by atoms with Crippen LogP contribution in [0.4, 0.5) is 5.69 Å². The molecular formula is C15H22N2O2S. The SMILES string of the molecule is Cc1ccc(S(=O)(=O)N2CCC3CCCCC32)cc1N. The standard InChI is InChI=1S/C15H22N2O2S/c1-11-6-7-13(10-14(11)16)20(18,19)17-9-8-12-4-2-3-5-15(12)17/h6-7,10,12,15H,2-5,8-9,16H2,1H3. The Labute approximate surface area is 121 Å². The Balaban J connectivity index is 1.93. The summed E-state index contributed by atoms with van der Waals surface area (Å²) < 4.78 is 27.4. The quantitative estimate of drug-likeness (QED) is 0.853. The molecule has 20 heavy (non-hydrogen) atoms. The molecule has 1 aliphatic heterocycles. The van der Waals surface area contributed by atoms with E-state index in [1.54, 1.807) is 22.5 Å². The molecule has 5 heteroatoms. The summed E-state index contributed by atoms with van der Waals surface area (Å²) >= 11 is 0. The van der Waals surface area contributed by atoms with Gasteiger partial charge in [-0.25, -0.2) is 8.42 Å². The average molecular weight is 294 g/mol. The summed E-state index contributed by atoms with van der Waals surface area (Å²) in [6.07, 6.45) is 5.57. The number of nitrogens with two attached hydrogens (primary N) is 1. The highest BCUT2D eigenvalue weighted by molar-refractivity contribution is 7.89. The van der Waals surface area contributed by atoms with Gasteiger partial charge in [0.25, 0.3) is 0 Å². The molecule has 0 bridgehead atoms. The van der Waals surface area contributed by atoms with Gasteiger partial charge in [0.15, 0.2) is 0 Å². The number of fused-ring (bicyclic) bond motifs is 1. The first-order chi connectivity index (χ1) is 9.50. The molecule has 1 aromatic rings. The van der Waals surface area contributed by atoms with Crippen molar-refractivity contribution in [3.63, 3.8) is 0 Å². The Bertz CT molecular complexity index is 612. The van der Waals surface area contributed by atoms with E-state index in [0.717, 1.165) is 24.8 Å². The lowest BCUT2D eigenvalue weighted by Crippen LogP contribution is -2.39. The third-order valence-corrected chi connectivity index (χ3v) is 6.74. The molecule has 110 valence electrons. The van der Waals surface area contributed by atoms with Crippen molar-refractivity contribution < 1.29 is 8.42 Å². The molecule has 0 radical (unpaired) electrons. The molecule has 2 unspecified atom stereocenters. The van der Waals surface area contributed by atoms with E-state index >= 15 is 0 Å². The van der Waals surface area contributed by atoms with Crippen molar-refractivity contribution >= 4 is 15.7 Å². The van der Waals surface area contributed by atoms with Crippen LogP contribution in [-0.4, -0.2) is 25.3 Å². The van der Waals surface area contributed by atoms with E-state index in [2.05, 4.69) is 0 Å². The van der Waals surface area contributed by atoms with Crippen molar-refractivity contribution in [2.24, 2.45) is 5.92 Å². The van der Waals surface area contributed by atoms with Gasteiger partial charge in [-0.05, 0) is 49.8 Å². The van der Waals surface area contributed by atoms with Gasteiger partial charge in [0.1, 0.15) is 0 Å². The second kappa shape index (κ2) is 5.04. The lowest BCUT2D eigenvalue weighted by molar-refractivity contribution is 0.260. The molecule has 0 amide bonds. The molecule has 1 aliphatic carbocycles. The number of benzene rings is 1. The first-order valence-corrected chi connectivity index (χ1v) is 8.82. The van der Waals surface area contributed by atoms with E-state index in [4.69, 9.17) is 5.73 Å². The summed E-state index contributed by atoms with van der Waals surface area (Å²) in [5.41, 5.74) is 7.33. The molecule has 0 aromatic heterocycles. The predicted molar refractivity (Wildman–Crippen MR) is 79.8 cm³/mol. The zero-order valence-electron chi connectivity index (χ0n) is 11.9. The Kier molecular flexibility index (Phi) is 3.50. The molecule has 1 saturated carbocycles. The summed E-state index contributed by atoms with van der Waals surface area (Å²) in [5.74, 6) is 0.557. The molecule has 2 atom stereocenters. The Morgan fingerprint density at radius 2 is 1.95 bits per heavy atom. The molecule has 1 saturated heterocycles. The van der Waals surface area contributed by atoms with Crippen LogP contribution in [0.15, 0.2) is 23.1 Å². The highest BCUT2D eigenvalue weighted by atomic mass is 32.2. The monoisotopic (exact) mass is 294 g/mol. The van der Waals surface area contributed by atoms with Crippen LogP contribution in [0.1, 0.15) is 37.7 Å². The molecule has 0 spiro atoms. The lowest BCUT2D eigenvalue weighted by atomic mass is 9.86. The van der Waals surface area contributed by atoms with Gasteiger partial charge < -0.3 is 5.73 Å². The van der Waals surface area contributed by atoms with Gasteiger partial charge in [0.2, 0.25) is 10.0 Å². The first-order valence-electron chi connectivity index (χ1n) is 7.38. The lowest BCUT2D eigenvalue weighted by Gasteiger charge is -2.31. The fraction of sp³-hybridized carbons (Fsp3) is 0.600. The van der Waals surface area contributed by atoms with E-state index in [0.29, 0.717) is 23.0 Å². The van der Waals surface area contributed by atoms with Crippen molar-refractivity contribution in [1.82, 2.24) is 4.31 Å². The smallest absolute Gasteiger partial charge is 0.243 e. The highest BCUT2D eigenvalue weighted by Gasteiger charge is 2.42. The first kappa shape index (κ1) is 13.9. The molecule has 3 rings (SSSR count). The second-order valence-corrected chi connectivity index (χ2v) is 7.93. The molecule has 4 nitrogen and oxygen atoms in total. The molecular weight excluding hydrogens is 272 g/mol. The number of nitrogen functional groups attached to an aromatic ring is 1. The van der Waals surface area contributed by atoms with E-state index < -0.39 is 10.0 Å². The van der Waals surface area contributed by atoms with E-state index in [1.807, 2.05) is 6.92 Å². The molecule has 2 N–H and O–H groups in total. The summed E-state index contributed by atoms with van der Waals surface area (Å²) in [6.45, 7) is 2.55. The normalized spacial score (nSPS) is 27.4. The minimum absolute atomic E-state index is 0.205.